The number of piperidine rings is 1. The fourth-order valence-corrected chi connectivity index (χ4v) is 3.04. The Morgan fingerprint density at radius 3 is 2.85 bits per heavy atom. The molecule has 1 heterocycles. The Bertz CT molecular complexity index is 215. The average Bonchev–Trinajstić information content (AvgIpc) is 2.02. The number of aliphatic hydroxyl groups is 1. The van der Waals surface area contributed by atoms with Gasteiger partial charge in [0, 0.05) is 5.54 Å². The van der Waals surface area contributed by atoms with Gasteiger partial charge >= 0.3 is 0 Å². The van der Waals surface area contributed by atoms with Crippen LogP contribution in [0.1, 0.15) is 44.9 Å². The highest BCUT2D eigenvalue weighted by atomic mass is 32.1. The zero-order chi connectivity index (χ0) is 9.31. The summed E-state index contributed by atoms with van der Waals surface area (Å²) in [6.07, 6.45) is 7.49. The van der Waals surface area contributed by atoms with E-state index in [0.717, 1.165) is 30.7 Å². The van der Waals surface area contributed by atoms with Crippen LogP contribution in [0.4, 0.5) is 0 Å². The topological polar surface area (TPSA) is 32.3 Å². The predicted octanol–water partition coefficient (Wildman–Crippen LogP) is 1.76. The van der Waals surface area contributed by atoms with Crippen LogP contribution in [0.5, 0.6) is 0 Å². The van der Waals surface area contributed by atoms with Gasteiger partial charge in [-0.1, -0.05) is 12.2 Å². The molecule has 2 nitrogen and oxygen atoms in total. The Morgan fingerprint density at radius 1 is 1.38 bits per heavy atom. The van der Waals surface area contributed by atoms with Crippen molar-refractivity contribution in [1.29, 1.82) is 0 Å². The van der Waals surface area contributed by atoms with Crippen molar-refractivity contribution in [3.05, 3.63) is 0 Å². The molecule has 0 amide bonds. The van der Waals surface area contributed by atoms with E-state index in [9.17, 15) is 5.11 Å². The monoisotopic (exact) mass is 199 g/mol. The Labute approximate surface area is 84.7 Å². The fraction of sp³-hybridized carbons (Fsp3) is 0.900. The van der Waals surface area contributed by atoms with E-state index in [1.807, 2.05) is 0 Å². The summed E-state index contributed by atoms with van der Waals surface area (Å²) in [7, 11) is 0. The van der Waals surface area contributed by atoms with Crippen LogP contribution in [0.3, 0.4) is 0 Å². The smallest absolute Gasteiger partial charge is 0.0757 e. The second-order valence-electron chi connectivity index (χ2n) is 4.43. The van der Waals surface area contributed by atoms with Crippen LogP contribution in [-0.4, -0.2) is 21.7 Å². The molecule has 2 aliphatic rings. The molecule has 1 saturated heterocycles. The minimum Gasteiger partial charge on any atom is -0.393 e. The number of nitrogens with one attached hydrogen (secondary N) is 1. The van der Waals surface area contributed by atoms with E-state index in [-0.39, 0.29) is 11.6 Å². The maximum absolute atomic E-state index is 9.63. The largest absolute Gasteiger partial charge is 0.393 e. The third-order valence-electron chi connectivity index (χ3n) is 3.28. The zero-order valence-electron chi connectivity index (χ0n) is 7.88. The van der Waals surface area contributed by atoms with E-state index in [2.05, 4.69) is 5.32 Å². The van der Waals surface area contributed by atoms with Crippen molar-refractivity contribution in [3.8, 4) is 0 Å². The molecule has 1 aliphatic carbocycles. The molecule has 1 aliphatic heterocycles. The average molecular weight is 199 g/mol. The van der Waals surface area contributed by atoms with Crippen LogP contribution in [0.2, 0.25) is 0 Å². The first kappa shape index (κ1) is 9.41. The maximum Gasteiger partial charge on any atom is 0.0757 e. The van der Waals surface area contributed by atoms with Gasteiger partial charge < -0.3 is 10.4 Å². The van der Waals surface area contributed by atoms with Gasteiger partial charge in [0.2, 0.25) is 0 Å². The summed E-state index contributed by atoms with van der Waals surface area (Å²) >= 11 is 5.21. The third-order valence-corrected chi connectivity index (χ3v) is 3.59. The third kappa shape index (κ3) is 2.02. The molecule has 2 atom stereocenters. The molecule has 0 aromatic heterocycles. The van der Waals surface area contributed by atoms with Crippen molar-refractivity contribution in [2.24, 2.45) is 0 Å². The number of thiocarbonyl (C=S) groups is 1. The van der Waals surface area contributed by atoms with Gasteiger partial charge in [0.15, 0.2) is 0 Å². The number of aliphatic hydroxyl groups excluding tert-OH is 1. The SMILES string of the molecule is OC1CCCC2(CCCC(=S)N2)C1. The minimum absolute atomic E-state index is 0.109. The minimum atomic E-state index is -0.109. The Hall–Kier alpha value is -0.150. The molecule has 0 aromatic carbocycles. The van der Waals surface area contributed by atoms with E-state index in [1.54, 1.807) is 0 Å². The normalized spacial score (nSPS) is 40.4. The van der Waals surface area contributed by atoms with Crippen molar-refractivity contribution in [1.82, 2.24) is 5.32 Å². The second kappa shape index (κ2) is 3.54. The predicted molar refractivity (Wildman–Crippen MR) is 56.8 cm³/mol. The summed E-state index contributed by atoms with van der Waals surface area (Å²) in [5.74, 6) is 0. The number of rotatable bonds is 0. The van der Waals surface area contributed by atoms with Crippen molar-refractivity contribution in [3.63, 3.8) is 0 Å². The lowest BCUT2D eigenvalue weighted by atomic mass is 9.75. The van der Waals surface area contributed by atoms with Crippen molar-refractivity contribution in [2.45, 2.75) is 56.6 Å². The summed E-state index contributed by atoms with van der Waals surface area (Å²) in [4.78, 5) is 1.00. The van der Waals surface area contributed by atoms with Gasteiger partial charge in [-0.2, -0.15) is 0 Å². The molecule has 2 fully saturated rings. The highest BCUT2D eigenvalue weighted by molar-refractivity contribution is 7.80. The van der Waals surface area contributed by atoms with E-state index >= 15 is 0 Å². The Kier molecular flexibility index (Phi) is 2.56. The summed E-state index contributed by atoms with van der Waals surface area (Å²) in [5, 5.41) is 13.1. The van der Waals surface area contributed by atoms with E-state index < -0.39 is 0 Å². The highest BCUT2D eigenvalue weighted by Gasteiger charge is 2.37. The molecule has 3 heteroatoms. The van der Waals surface area contributed by atoms with E-state index in [1.165, 1.54) is 19.3 Å². The second-order valence-corrected chi connectivity index (χ2v) is 4.93. The molecule has 13 heavy (non-hydrogen) atoms. The van der Waals surface area contributed by atoms with E-state index in [4.69, 9.17) is 12.2 Å². The van der Waals surface area contributed by atoms with Crippen LogP contribution in [-0.2, 0) is 0 Å². The molecule has 2 N–H and O–H groups in total. The summed E-state index contributed by atoms with van der Waals surface area (Å²) in [6, 6.07) is 0. The van der Waals surface area contributed by atoms with Gasteiger partial charge in [0.25, 0.3) is 0 Å². The van der Waals surface area contributed by atoms with Gasteiger partial charge in [-0.3, -0.25) is 0 Å². The van der Waals surface area contributed by atoms with Gasteiger partial charge in [-0.05, 0) is 44.9 Å². The van der Waals surface area contributed by atoms with Crippen LogP contribution in [0.25, 0.3) is 0 Å². The van der Waals surface area contributed by atoms with Gasteiger partial charge in [-0.25, -0.2) is 0 Å². The van der Waals surface area contributed by atoms with Crippen LogP contribution in [0, 0.1) is 0 Å². The lowest BCUT2D eigenvalue weighted by Gasteiger charge is -2.43. The number of hydrogen-bond acceptors (Lipinski definition) is 2. The van der Waals surface area contributed by atoms with Gasteiger partial charge in [0.05, 0.1) is 11.1 Å². The molecule has 1 saturated carbocycles. The molecule has 2 rings (SSSR count). The molecular formula is C10H17NOS. The molecule has 2 unspecified atom stereocenters. The van der Waals surface area contributed by atoms with Crippen molar-refractivity contribution in [2.75, 3.05) is 0 Å². The van der Waals surface area contributed by atoms with E-state index in [0.29, 0.717) is 0 Å². The first-order valence-corrected chi connectivity index (χ1v) is 5.60. The molecule has 74 valence electrons. The standard InChI is InChI=1S/C10H17NOS/c12-8-3-1-5-10(7-8)6-2-4-9(13)11-10/h8,12H,1-7H2,(H,11,13). The first-order valence-electron chi connectivity index (χ1n) is 5.19. The number of hydrogen-bond donors (Lipinski definition) is 2. The summed E-state index contributed by atoms with van der Waals surface area (Å²) in [6.45, 7) is 0. The van der Waals surface area contributed by atoms with Crippen LogP contribution >= 0.6 is 12.2 Å². The van der Waals surface area contributed by atoms with Crippen molar-refractivity contribution >= 4 is 17.2 Å². The van der Waals surface area contributed by atoms with Crippen LogP contribution < -0.4 is 5.32 Å². The molecule has 0 radical (unpaired) electrons. The van der Waals surface area contributed by atoms with Crippen molar-refractivity contribution < 1.29 is 5.11 Å². The fourth-order valence-electron chi connectivity index (χ4n) is 2.68. The molecule has 0 aromatic rings. The van der Waals surface area contributed by atoms with Gasteiger partial charge in [-0.15, -0.1) is 0 Å². The van der Waals surface area contributed by atoms with Gasteiger partial charge in [0.1, 0.15) is 0 Å². The Morgan fingerprint density at radius 2 is 2.15 bits per heavy atom. The lowest BCUT2D eigenvalue weighted by molar-refractivity contribution is 0.0717. The summed E-state index contributed by atoms with van der Waals surface area (Å²) in [5.41, 5.74) is 0.160. The zero-order valence-corrected chi connectivity index (χ0v) is 8.70. The molecular weight excluding hydrogens is 182 g/mol. The molecule has 0 bridgehead atoms. The first-order chi connectivity index (χ1) is 6.20. The maximum atomic E-state index is 9.63. The quantitative estimate of drug-likeness (QED) is 0.583. The molecule has 1 spiro atoms. The van der Waals surface area contributed by atoms with Crippen LogP contribution in [0.15, 0.2) is 0 Å². The Balaban J connectivity index is 2.04. The summed E-state index contributed by atoms with van der Waals surface area (Å²) < 4.78 is 0. The highest BCUT2D eigenvalue weighted by Crippen LogP contribution is 2.35. The lowest BCUT2D eigenvalue weighted by Crippen LogP contribution is -2.54.